The summed E-state index contributed by atoms with van der Waals surface area (Å²) in [4.78, 5) is 24.5. The molecule has 0 aromatic heterocycles. The summed E-state index contributed by atoms with van der Waals surface area (Å²) in [5.74, 6) is -1.19. The Balaban J connectivity index is 2.22. The van der Waals surface area contributed by atoms with Gasteiger partial charge in [-0.2, -0.15) is 0 Å². The lowest BCUT2D eigenvalue weighted by atomic mass is 10.1. The first-order valence-electron chi connectivity index (χ1n) is 7.00. The van der Waals surface area contributed by atoms with Crippen LogP contribution in [0.4, 0.5) is 0 Å². The number of nitrogens with one attached hydrogen (secondary N) is 1. The third kappa shape index (κ3) is 6.02. The van der Waals surface area contributed by atoms with Crippen molar-refractivity contribution in [3.05, 3.63) is 0 Å². The number of nitrogens with two attached hydrogens (primary N) is 1. The van der Waals surface area contributed by atoms with Gasteiger partial charge in [-0.05, 0) is 39.3 Å². The first kappa shape index (κ1) is 15.9. The summed E-state index contributed by atoms with van der Waals surface area (Å²) in [6.45, 7) is 4.83. The molecule has 19 heavy (non-hydrogen) atoms. The van der Waals surface area contributed by atoms with Gasteiger partial charge in [-0.25, -0.2) is 0 Å². The van der Waals surface area contributed by atoms with Crippen LogP contribution in [0.3, 0.4) is 0 Å². The Labute approximate surface area is 114 Å². The summed E-state index contributed by atoms with van der Waals surface area (Å²) in [6.07, 6.45) is 3.83. The maximum atomic E-state index is 11.7. The number of rotatable bonds is 7. The molecule has 6 nitrogen and oxygen atoms in total. The number of hydrogen-bond acceptors (Lipinski definition) is 4. The van der Waals surface area contributed by atoms with Crippen LogP contribution in [0.2, 0.25) is 0 Å². The normalized spacial score (nSPS) is 19.7. The summed E-state index contributed by atoms with van der Waals surface area (Å²) >= 11 is 0. The van der Waals surface area contributed by atoms with E-state index in [4.69, 9.17) is 10.8 Å². The Bertz CT molecular complexity index is 304. The number of carbonyl (C=O) groups is 2. The van der Waals surface area contributed by atoms with Gasteiger partial charge < -0.3 is 16.2 Å². The van der Waals surface area contributed by atoms with Crippen molar-refractivity contribution in [1.82, 2.24) is 10.2 Å². The number of carboxylic acid groups (broad SMARTS) is 1. The predicted molar refractivity (Wildman–Crippen MR) is 72.7 cm³/mol. The third-order valence-electron chi connectivity index (χ3n) is 3.59. The molecule has 1 fully saturated rings. The fourth-order valence-corrected chi connectivity index (χ4v) is 2.28. The van der Waals surface area contributed by atoms with E-state index in [1.807, 2.05) is 0 Å². The number of nitrogens with zero attached hydrogens (tertiary/aromatic N) is 1. The van der Waals surface area contributed by atoms with Crippen LogP contribution in [-0.4, -0.2) is 53.6 Å². The average Bonchev–Trinajstić information content (AvgIpc) is 2.42. The van der Waals surface area contributed by atoms with Crippen LogP contribution in [0, 0.1) is 0 Å². The number of carboxylic acids is 1. The molecule has 1 heterocycles. The van der Waals surface area contributed by atoms with Crippen molar-refractivity contribution in [1.29, 1.82) is 0 Å². The van der Waals surface area contributed by atoms with Crippen molar-refractivity contribution >= 4 is 11.9 Å². The minimum Gasteiger partial charge on any atom is -0.481 e. The number of piperidine rings is 1. The SMILES string of the molecule is CC(CNC(=O)C(N)CCC(=O)O)N1CCCCC1. The molecule has 110 valence electrons. The van der Waals surface area contributed by atoms with Gasteiger partial charge in [0.05, 0.1) is 6.04 Å². The molecule has 1 amide bonds. The largest absolute Gasteiger partial charge is 0.481 e. The molecule has 1 saturated heterocycles. The summed E-state index contributed by atoms with van der Waals surface area (Å²) in [5.41, 5.74) is 5.64. The average molecular weight is 271 g/mol. The van der Waals surface area contributed by atoms with Crippen LogP contribution in [0.5, 0.6) is 0 Å². The lowest BCUT2D eigenvalue weighted by molar-refractivity contribution is -0.137. The Morgan fingerprint density at radius 1 is 1.32 bits per heavy atom. The van der Waals surface area contributed by atoms with Crippen molar-refractivity contribution in [2.75, 3.05) is 19.6 Å². The highest BCUT2D eigenvalue weighted by atomic mass is 16.4. The molecule has 0 aromatic carbocycles. The van der Waals surface area contributed by atoms with Crippen molar-refractivity contribution in [3.63, 3.8) is 0 Å². The van der Waals surface area contributed by atoms with E-state index in [-0.39, 0.29) is 18.7 Å². The molecule has 6 heteroatoms. The van der Waals surface area contributed by atoms with Crippen LogP contribution in [0.1, 0.15) is 39.0 Å². The van der Waals surface area contributed by atoms with E-state index >= 15 is 0 Å². The highest BCUT2D eigenvalue weighted by Crippen LogP contribution is 2.11. The molecular weight excluding hydrogens is 246 g/mol. The van der Waals surface area contributed by atoms with Crippen LogP contribution in [-0.2, 0) is 9.59 Å². The van der Waals surface area contributed by atoms with Crippen molar-refractivity contribution < 1.29 is 14.7 Å². The molecule has 0 radical (unpaired) electrons. The molecule has 4 N–H and O–H groups in total. The van der Waals surface area contributed by atoms with Gasteiger partial charge in [-0.1, -0.05) is 6.42 Å². The van der Waals surface area contributed by atoms with Gasteiger partial charge in [0.2, 0.25) is 5.91 Å². The Morgan fingerprint density at radius 2 is 1.95 bits per heavy atom. The zero-order valence-electron chi connectivity index (χ0n) is 11.6. The van der Waals surface area contributed by atoms with Crippen LogP contribution in [0.25, 0.3) is 0 Å². The fourth-order valence-electron chi connectivity index (χ4n) is 2.28. The monoisotopic (exact) mass is 271 g/mol. The van der Waals surface area contributed by atoms with Crippen LogP contribution in [0.15, 0.2) is 0 Å². The summed E-state index contributed by atoms with van der Waals surface area (Å²) < 4.78 is 0. The number of hydrogen-bond donors (Lipinski definition) is 3. The molecule has 0 saturated carbocycles. The Hall–Kier alpha value is -1.14. The molecule has 0 aliphatic carbocycles. The topological polar surface area (TPSA) is 95.7 Å². The molecular formula is C13H25N3O3. The van der Waals surface area contributed by atoms with Gasteiger partial charge in [0, 0.05) is 19.0 Å². The maximum Gasteiger partial charge on any atom is 0.303 e. The van der Waals surface area contributed by atoms with Gasteiger partial charge in [0.25, 0.3) is 0 Å². The summed E-state index contributed by atoms with van der Waals surface area (Å²) in [7, 11) is 0. The quantitative estimate of drug-likeness (QED) is 0.613. The number of likely N-dealkylation sites (tertiary alicyclic amines) is 1. The zero-order chi connectivity index (χ0) is 14.3. The van der Waals surface area contributed by atoms with E-state index in [2.05, 4.69) is 17.1 Å². The van der Waals surface area contributed by atoms with Crippen molar-refractivity contribution in [2.24, 2.45) is 5.73 Å². The second kappa shape index (κ2) is 8.12. The lowest BCUT2D eigenvalue weighted by Gasteiger charge is -2.32. The first-order chi connectivity index (χ1) is 9.00. The Morgan fingerprint density at radius 3 is 2.53 bits per heavy atom. The number of amides is 1. The molecule has 0 spiro atoms. The van der Waals surface area contributed by atoms with Gasteiger partial charge in [-0.15, -0.1) is 0 Å². The van der Waals surface area contributed by atoms with Crippen LogP contribution >= 0.6 is 0 Å². The smallest absolute Gasteiger partial charge is 0.303 e. The van der Waals surface area contributed by atoms with Crippen LogP contribution < -0.4 is 11.1 Å². The molecule has 2 atom stereocenters. The molecule has 0 aromatic rings. The fraction of sp³-hybridized carbons (Fsp3) is 0.846. The van der Waals surface area contributed by atoms with E-state index in [1.165, 1.54) is 19.3 Å². The van der Waals surface area contributed by atoms with E-state index < -0.39 is 12.0 Å². The number of aliphatic carboxylic acids is 1. The zero-order valence-corrected chi connectivity index (χ0v) is 11.6. The van der Waals surface area contributed by atoms with Crippen molar-refractivity contribution in [2.45, 2.75) is 51.1 Å². The third-order valence-corrected chi connectivity index (χ3v) is 3.59. The number of carbonyl (C=O) groups excluding carboxylic acids is 1. The second-order valence-corrected chi connectivity index (χ2v) is 5.23. The lowest BCUT2D eigenvalue weighted by Crippen LogP contribution is -2.48. The standard InChI is InChI=1S/C13H25N3O3/c1-10(16-7-3-2-4-8-16)9-15-13(19)11(14)5-6-12(17)18/h10-11H,2-9,14H2,1H3,(H,15,19)(H,17,18). The van der Waals surface area contributed by atoms with Gasteiger partial charge in [-0.3, -0.25) is 14.5 Å². The van der Waals surface area contributed by atoms with E-state index in [0.717, 1.165) is 13.1 Å². The van der Waals surface area contributed by atoms with E-state index in [1.54, 1.807) is 0 Å². The van der Waals surface area contributed by atoms with Gasteiger partial charge in [0.1, 0.15) is 0 Å². The maximum absolute atomic E-state index is 11.7. The van der Waals surface area contributed by atoms with Gasteiger partial charge in [0.15, 0.2) is 0 Å². The van der Waals surface area contributed by atoms with E-state index in [0.29, 0.717) is 12.6 Å². The molecule has 1 aliphatic rings. The Kier molecular flexibility index (Phi) is 6.80. The highest BCUT2D eigenvalue weighted by Gasteiger charge is 2.19. The highest BCUT2D eigenvalue weighted by molar-refractivity contribution is 5.82. The van der Waals surface area contributed by atoms with Crippen molar-refractivity contribution in [3.8, 4) is 0 Å². The summed E-state index contributed by atoms with van der Waals surface area (Å²) in [5, 5.41) is 11.3. The molecule has 1 aliphatic heterocycles. The molecule has 0 bridgehead atoms. The molecule has 1 rings (SSSR count). The minimum atomic E-state index is -0.926. The minimum absolute atomic E-state index is 0.0731. The summed E-state index contributed by atoms with van der Waals surface area (Å²) in [6, 6.07) is -0.430. The van der Waals surface area contributed by atoms with E-state index in [9.17, 15) is 9.59 Å². The first-order valence-corrected chi connectivity index (χ1v) is 7.00. The van der Waals surface area contributed by atoms with Gasteiger partial charge >= 0.3 is 5.97 Å². The molecule has 2 unspecified atom stereocenters. The predicted octanol–water partition coefficient (Wildman–Crippen LogP) is 0.169. The second-order valence-electron chi connectivity index (χ2n) is 5.23.